The van der Waals surface area contributed by atoms with Crippen LogP contribution in [0, 0.1) is 10.1 Å². The molecule has 378 valence electrons. The topological polar surface area (TPSA) is 272 Å². The van der Waals surface area contributed by atoms with Crippen molar-refractivity contribution in [3.8, 4) is 11.5 Å². The van der Waals surface area contributed by atoms with Crippen molar-refractivity contribution in [3.05, 3.63) is 117 Å². The highest BCUT2D eigenvalue weighted by molar-refractivity contribution is 7.89. The number of nitrogens with zero attached hydrogens (tertiary/aromatic N) is 3. The van der Waals surface area contributed by atoms with Crippen LogP contribution < -0.4 is 19.7 Å². The van der Waals surface area contributed by atoms with E-state index in [2.05, 4.69) is 32.3 Å². The number of nitrogens with one attached hydrogen (secondary N) is 2. The van der Waals surface area contributed by atoms with Gasteiger partial charge < -0.3 is 29.3 Å². The van der Waals surface area contributed by atoms with Gasteiger partial charge in [0.25, 0.3) is 17.5 Å². The molecule has 28 heteroatoms. The van der Waals surface area contributed by atoms with Gasteiger partial charge in [0.15, 0.2) is 4.84 Å². The first-order valence-electron chi connectivity index (χ1n) is 19.1. The number of nitro benzene ring substituents is 1. The van der Waals surface area contributed by atoms with Crippen LogP contribution in [0.3, 0.4) is 0 Å². The van der Waals surface area contributed by atoms with Crippen LogP contribution >= 0.6 is 54.0 Å². The van der Waals surface area contributed by atoms with E-state index in [1.54, 1.807) is 28.9 Å². The van der Waals surface area contributed by atoms with Crippen LogP contribution in [-0.2, 0) is 52.7 Å². The number of hydrogen-bond donors (Lipinski definition) is 5. The Bertz CT molecular complexity index is 2350. The molecule has 0 aliphatic carbocycles. The highest BCUT2D eigenvalue weighted by atomic mass is 35.5. The number of amides is 3. The number of aliphatic carboxylic acids is 1. The molecule has 0 saturated heterocycles. The summed E-state index contributed by atoms with van der Waals surface area (Å²) in [6.45, 7) is 11.8. The number of aryl methyl sites for hydroxylation is 2. The molecular formula is C40H49Cl4F3N5O14PS. The van der Waals surface area contributed by atoms with E-state index in [1.165, 1.54) is 4.90 Å². The second-order valence-corrected chi connectivity index (χ2v) is 18.3. The molecule has 0 radical (unpaired) electrons. The molecule has 0 aromatic heterocycles. The maximum absolute atomic E-state index is 12.7. The molecule has 3 aromatic rings. The Hall–Kier alpha value is -4.81. The van der Waals surface area contributed by atoms with Crippen LogP contribution in [0.1, 0.15) is 40.9 Å². The first kappa shape index (κ1) is 63.2. The van der Waals surface area contributed by atoms with Gasteiger partial charge >= 0.3 is 19.7 Å². The van der Waals surface area contributed by atoms with Gasteiger partial charge in [0, 0.05) is 32.3 Å². The summed E-state index contributed by atoms with van der Waals surface area (Å²) in [5.74, 6) is -3.31. The number of carboxylic acid groups (broad SMARTS) is 1. The van der Waals surface area contributed by atoms with Crippen molar-refractivity contribution in [1.29, 1.82) is 0 Å². The Kier molecular flexibility index (Phi) is 28.5. The van der Waals surface area contributed by atoms with Crippen LogP contribution in [0.15, 0.2) is 79.9 Å². The van der Waals surface area contributed by atoms with Crippen molar-refractivity contribution in [2.75, 3.05) is 56.8 Å². The van der Waals surface area contributed by atoms with Gasteiger partial charge in [-0.2, -0.15) is 13.2 Å². The SMILES string of the molecule is C=CCN(CC=C)C(=O)C(Cl)Cl.CCc1cccc(CC)c1N(COC)C(=O)CCl.CS(=O)(=O)NC(=O)c1cc(Oc2ccc(C(F)(F)F)cc2Cl)ccc1[N+](=O)[O-].O=C(O)CNCP(=O)(O)O. The molecule has 0 aliphatic rings. The van der Waals surface area contributed by atoms with Gasteiger partial charge in [-0.15, -0.1) is 24.8 Å². The highest BCUT2D eigenvalue weighted by Crippen LogP contribution is 2.37. The number of rotatable bonds is 20. The zero-order valence-corrected chi connectivity index (χ0v) is 41.4. The lowest BCUT2D eigenvalue weighted by Gasteiger charge is -2.26. The molecule has 0 unspecified atom stereocenters. The number of hydrogen-bond acceptors (Lipinski definition) is 12. The number of ether oxygens (including phenoxy) is 2. The second-order valence-electron chi connectivity index (χ2n) is 13.2. The molecule has 0 atom stereocenters. The summed E-state index contributed by atoms with van der Waals surface area (Å²) in [6, 6.07) is 11.2. The Balaban J connectivity index is 0.000000963. The molecule has 68 heavy (non-hydrogen) atoms. The fraction of sp³-hybridized carbons (Fsp3) is 0.350. The number of carbonyl (C=O) groups is 4. The summed E-state index contributed by atoms with van der Waals surface area (Å²) in [6.07, 6.45) is 0.428. The van der Waals surface area contributed by atoms with Crippen LogP contribution in [0.2, 0.25) is 5.02 Å². The van der Waals surface area contributed by atoms with Gasteiger partial charge in [0.05, 0.1) is 40.3 Å². The second kappa shape index (κ2) is 30.6. The smallest absolute Gasteiger partial charge is 0.416 e. The minimum absolute atomic E-state index is 0.0371. The first-order valence-corrected chi connectivity index (χ1v) is 24.6. The summed E-state index contributed by atoms with van der Waals surface area (Å²) >= 11 is 22.2. The van der Waals surface area contributed by atoms with Crippen molar-refractivity contribution in [1.82, 2.24) is 14.9 Å². The molecular weight excluding hydrogens is 1040 g/mol. The summed E-state index contributed by atoms with van der Waals surface area (Å²) in [4.78, 5) is 73.5. The summed E-state index contributed by atoms with van der Waals surface area (Å²) in [7, 11) is -6.52. The minimum Gasteiger partial charge on any atom is -0.480 e. The zero-order valence-electron chi connectivity index (χ0n) is 36.7. The number of methoxy groups -OCH3 is 1. The summed E-state index contributed by atoms with van der Waals surface area (Å²) < 4.78 is 82.4. The number of nitro groups is 1. The van der Waals surface area contributed by atoms with E-state index in [1.807, 2.05) is 18.2 Å². The molecule has 3 rings (SSSR count). The minimum atomic E-state index is -4.62. The Morgan fingerprint density at radius 1 is 1.00 bits per heavy atom. The van der Waals surface area contributed by atoms with E-state index in [0.29, 0.717) is 31.5 Å². The predicted octanol–water partition coefficient (Wildman–Crippen LogP) is 7.52. The first-order chi connectivity index (χ1) is 31.5. The quantitative estimate of drug-likeness (QED) is 0.0183. The number of anilines is 1. The van der Waals surface area contributed by atoms with Crippen molar-refractivity contribution < 1.29 is 74.6 Å². The van der Waals surface area contributed by atoms with E-state index in [0.717, 1.165) is 53.9 Å². The number of carbonyl (C=O) groups excluding carboxylic acids is 3. The number of carboxylic acids is 1. The van der Waals surface area contributed by atoms with Crippen LogP contribution in [0.5, 0.6) is 11.5 Å². The van der Waals surface area contributed by atoms with E-state index in [4.69, 9.17) is 70.8 Å². The molecule has 3 amide bonds. The number of alkyl halides is 6. The van der Waals surface area contributed by atoms with Crippen LogP contribution in [-0.4, -0.2) is 114 Å². The lowest BCUT2D eigenvalue weighted by Crippen LogP contribution is -2.35. The summed E-state index contributed by atoms with van der Waals surface area (Å²) in [5, 5.41) is 20.7. The van der Waals surface area contributed by atoms with Crippen molar-refractivity contribution in [2.24, 2.45) is 0 Å². The predicted molar refractivity (Wildman–Crippen MR) is 252 cm³/mol. The maximum Gasteiger partial charge on any atom is 0.416 e. The number of sulfonamides is 1. The van der Waals surface area contributed by atoms with Crippen LogP contribution in [0.25, 0.3) is 0 Å². The molecule has 0 spiro atoms. The van der Waals surface area contributed by atoms with Crippen molar-refractivity contribution in [3.63, 3.8) is 0 Å². The standard InChI is InChI=1S/C15H10ClF3N2O6S.C14H20ClNO2.C8H11Cl2NO.C3H8NO5P/c1-28(25,26)20-14(22)10-7-9(3-4-12(10)21(23)24)27-13-5-2-8(6-11(13)16)15(17,18)19;1-4-11-7-6-8-12(5-2)14(11)16(10-18-3)13(17)9-15;1-3-5-11(6-4-2)8(12)7(9)10;5-3(6)1-4-2-10(7,8)9/h2-7H,1H3,(H,20,22);6-8H,4-5,9-10H2,1-3H3;3-4,7H,1-2,5-6H2;4H,1-2H2,(H,5,6)(H2,7,8,9). The number of benzene rings is 3. The normalized spacial score (nSPS) is 11.0. The van der Waals surface area contributed by atoms with Gasteiger partial charge in [0.1, 0.15) is 29.7 Å². The molecule has 3 aromatic carbocycles. The van der Waals surface area contributed by atoms with Gasteiger partial charge in [-0.05, 0) is 48.2 Å². The van der Waals surface area contributed by atoms with Gasteiger partial charge in [0.2, 0.25) is 15.9 Å². The van der Waals surface area contributed by atoms with Gasteiger partial charge in [-0.25, -0.2) is 13.1 Å². The van der Waals surface area contributed by atoms with Gasteiger partial charge in [-0.3, -0.25) is 44.1 Å². The zero-order chi connectivity index (χ0) is 52.6. The maximum atomic E-state index is 12.7. The molecule has 0 heterocycles. The Morgan fingerprint density at radius 2 is 1.56 bits per heavy atom. The van der Waals surface area contributed by atoms with Gasteiger partial charge in [-0.1, -0.05) is 79.0 Å². The fourth-order valence-corrected chi connectivity index (χ4v) is 6.56. The molecule has 5 N–H and O–H groups in total. The monoisotopic (exact) mass is 1080 g/mol. The van der Waals surface area contributed by atoms with Crippen molar-refractivity contribution >= 4 is 99.1 Å². The lowest BCUT2D eigenvalue weighted by atomic mass is 10.0. The number of para-hydroxylation sites is 1. The van der Waals surface area contributed by atoms with E-state index in [9.17, 15) is 55.4 Å². The van der Waals surface area contributed by atoms with Crippen molar-refractivity contribution in [2.45, 2.75) is 37.7 Å². The Morgan fingerprint density at radius 3 is 1.96 bits per heavy atom. The van der Waals surface area contributed by atoms with E-state index < -0.39 is 80.1 Å². The van der Waals surface area contributed by atoms with E-state index in [-0.39, 0.29) is 35.9 Å². The lowest BCUT2D eigenvalue weighted by molar-refractivity contribution is -0.385. The third-order valence-corrected chi connectivity index (χ3v) is 9.96. The number of halogens is 7. The molecule has 0 aliphatic heterocycles. The largest absolute Gasteiger partial charge is 0.480 e. The average Bonchev–Trinajstić information content (AvgIpc) is 3.24. The van der Waals surface area contributed by atoms with Crippen LogP contribution in [0.4, 0.5) is 24.5 Å². The fourth-order valence-electron chi connectivity index (χ4n) is 5.07. The highest BCUT2D eigenvalue weighted by Gasteiger charge is 2.31. The molecule has 19 nitrogen and oxygen atoms in total. The molecule has 0 bridgehead atoms. The Labute approximate surface area is 410 Å². The van der Waals surface area contributed by atoms with E-state index >= 15 is 0 Å². The molecule has 0 fully saturated rings. The third-order valence-electron chi connectivity index (χ3n) is 7.87. The average molecular weight is 1090 g/mol. The molecule has 0 saturated carbocycles. The third kappa shape index (κ3) is 24.0. The summed E-state index contributed by atoms with van der Waals surface area (Å²) in [5.41, 5.74) is 0.898.